The Bertz CT molecular complexity index is 674. The van der Waals surface area contributed by atoms with E-state index < -0.39 is 0 Å². The maximum atomic E-state index is 12.1. The zero-order chi connectivity index (χ0) is 16.7. The molecule has 0 fully saturated rings. The minimum absolute atomic E-state index is 0.107. The van der Waals surface area contributed by atoms with Gasteiger partial charge < -0.3 is 10.6 Å². The van der Waals surface area contributed by atoms with Gasteiger partial charge >= 0.3 is 0 Å². The first-order chi connectivity index (χ1) is 11.0. The number of carbonyl (C=O) groups is 2. The van der Waals surface area contributed by atoms with E-state index in [0.29, 0.717) is 0 Å². The fourth-order valence-electron chi connectivity index (χ4n) is 1.96. The van der Waals surface area contributed by atoms with Gasteiger partial charge in [0.2, 0.25) is 11.8 Å². The summed E-state index contributed by atoms with van der Waals surface area (Å²) in [6, 6.07) is 16.9. The first-order valence-corrected chi connectivity index (χ1v) is 8.43. The Morgan fingerprint density at radius 3 is 2.39 bits per heavy atom. The van der Waals surface area contributed by atoms with Crippen LogP contribution in [0.15, 0.2) is 54.6 Å². The quantitative estimate of drug-likeness (QED) is 0.850. The van der Waals surface area contributed by atoms with Crippen LogP contribution in [0.3, 0.4) is 0 Å². The van der Waals surface area contributed by atoms with Crippen LogP contribution in [0.2, 0.25) is 0 Å². The summed E-state index contributed by atoms with van der Waals surface area (Å²) < 4.78 is 0. The number of nitrogens with one attached hydrogen (secondary N) is 2. The molecular formula is C18H20N2O2S. The summed E-state index contributed by atoms with van der Waals surface area (Å²) in [7, 11) is 0. The van der Waals surface area contributed by atoms with Crippen LogP contribution in [-0.2, 0) is 9.59 Å². The predicted octanol–water partition coefficient (Wildman–Crippen LogP) is 3.69. The Kier molecular flexibility index (Phi) is 6.23. The van der Waals surface area contributed by atoms with Crippen LogP contribution in [0.1, 0.15) is 12.5 Å². The number of amides is 2. The number of hydrogen-bond acceptors (Lipinski definition) is 3. The Morgan fingerprint density at radius 2 is 1.70 bits per heavy atom. The predicted molar refractivity (Wildman–Crippen MR) is 96.8 cm³/mol. The number of carbonyl (C=O) groups excluding carboxylic acids is 2. The second-order valence-corrected chi connectivity index (χ2v) is 6.56. The van der Waals surface area contributed by atoms with Crippen molar-refractivity contribution in [1.29, 1.82) is 0 Å². The molecule has 0 saturated carbocycles. The molecular weight excluding hydrogens is 308 g/mol. The minimum atomic E-state index is -0.307. The first kappa shape index (κ1) is 17.1. The molecule has 0 bridgehead atoms. The smallest absolute Gasteiger partial charge is 0.237 e. The number of benzene rings is 2. The van der Waals surface area contributed by atoms with Crippen molar-refractivity contribution < 1.29 is 9.59 Å². The zero-order valence-electron chi connectivity index (χ0n) is 13.2. The zero-order valence-corrected chi connectivity index (χ0v) is 14.0. The van der Waals surface area contributed by atoms with Crippen molar-refractivity contribution in [2.45, 2.75) is 19.1 Å². The molecule has 0 heterocycles. The third kappa shape index (κ3) is 5.79. The van der Waals surface area contributed by atoms with Crippen LogP contribution in [0.5, 0.6) is 0 Å². The lowest BCUT2D eigenvalue weighted by atomic mass is 10.2. The summed E-state index contributed by atoms with van der Waals surface area (Å²) in [5.41, 5.74) is 2.62. The lowest BCUT2D eigenvalue weighted by molar-refractivity contribution is -0.115. The average Bonchev–Trinajstić information content (AvgIpc) is 2.53. The molecule has 0 aromatic heterocycles. The lowest BCUT2D eigenvalue weighted by Crippen LogP contribution is -2.25. The fraction of sp³-hybridized carbons (Fsp3) is 0.222. The van der Waals surface area contributed by atoms with Gasteiger partial charge in [-0.25, -0.2) is 0 Å². The van der Waals surface area contributed by atoms with Crippen LogP contribution in [0.4, 0.5) is 11.4 Å². The Balaban J connectivity index is 1.78. The molecule has 0 aliphatic heterocycles. The van der Waals surface area contributed by atoms with Gasteiger partial charge in [0.25, 0.3) is 0 Å². The molecule has 2 rings (SSSR count). The van der Waals surface area contributed by atoms with Gasteiger partial charge in [-0.1, -0.05) is 30.3 Å². The Morgan fingerprint density at radius 1 is 1.00 bits per heavy atom. The monoisotopic (exact) mass is 328 g/mol. The number of aryl methyl sites for hydroxylation is 1. The average molecular weight is 328 g/mol. The highest BCUT2D eigenvalue weighted by Crippen LogP contribution is 2.15. The summed E-state index contributed by atoms with van der Waals surface area (Å²) in [5.74, 6) is 0.0154. The van der Waals surface area contributed by atoms with E-state index in [-0.39, 0.29) is 22.8 Å². The largest absolute Gasteiger partial charge is 0.325 e. The Hall–Kier alpha value is -2.27. The number of para-hydroxylation sites is 1. The molecule has 2 aromatic rings. The molecule has 0 spiro atoms. The van der Waals surface area contributed by atoms with E-state index in [4.69, 9.17) is 0 Å². The van der Waals surface area contributed by atoms with Crippen molar-refractivity contribution in [3.63, 3.8) is 0 Å². The van der Waals surface area contributed by atoms with Gasteiger partial charge in [-0.3, -0.25) is 9.59 Å². The van der Waals surface area contributed by atoms with E-state index in [9.17, 15) is 9.59 Å². The van der Waals surface area contributed by atoms with Gasteiger partial charge in [-0.05, 0) is 43.7 Å². The third-order valence-corrected chi connectivity index (χ3v) is 4.32. The van der Waals surface area contributed by atoms with Crippen molar-refractivity contribution in [2.24, 2.45) is 0 Å². The van der Waals surface area contributed by atoms with Crippen molar-refractivity contribution in [3.05, 3.63) is 60.2 Å². The summed E-state index contributed by atoms with van der Waals surface area (Å²) >= 11 is 1.31. The maximum absolute atomic E-state index is 12.1. The molecule has 0 aliphatic rings. The summed E-state index contributed by atoms with van der Waals surface area (Å²) in [4.78, 5) is 24.0. The van der Waals surface area contributed by atoms with Gasteiger partial charge in [-0.15, -0.1) is 11.8 Å². The van der Waals surface area contributed by atoms with Gasteiger partial charge in [0, 0.05) is 11.4 Å². The van der Waals surface area contributed by atoms with E-state index in [2.05, 4.69) is 10.6 Å². The van der Waals surface area contributed by atoms with Crippen molar-refractivity contribution >= 4 is 35.0 Å². The molecule has 0 radical (unpaired) electrons. The molecule has 0 unspecified atom stereocenters. The number of hydrogen-bond donors (Lipinski definition) is 2. The van der Waals surface area contributed by atoms with Gasteiger partial charge in [0.1, 0.15) is 0 Å². The molecule has 0 aliphatic carbocycles. The van der Waals surface area contributed by atoms with Gasteiger partial charge in [-0.2, -0.15) is 0 Å². The number of anilines is 2. The molecule has 23 heavy (non-hydrogen) atoms. The first-order valence-electron chi connectivity index (χ1n) is 7.38. The highest BCUT2D eigenvalue weighted by molar-refractivity contribution is 8.01. The maximum Gasteiger partial charge on any atom is 0.237 e. The normalized spacial score (nSPS) is 11.6. The number of rotatable bonds is 6. The van der Waals surface area contributed by atoms with E-state index in [0.717, 1.165) is 16.9 Å². The minimum Gasteiger partial charge on any atom is -0.325 e. The second kappa shape index (κ2) is 8.39. The van der Waals surface area contributed by atoms with Crippen LogP contribution < -0.4 is 10.6 Å². The summed E-state index contributed by atoms with van der Waals surface area (Å²) in [6.07, 6.45) is 0. The molecule has 120 valence electrons. The molecule has 4 nitrogen and oxygen atoms in total. The van der Waals surface area contributed by atoms with Crippen molar-refractivity contribution in [2.75, 3.05) is 16.4 Å². The highest BCUT2D eigenvalue weighted by Gasteiger charge is 2.15. The van der Waals surface area contributed by atoms with Crippen LogP contribution in [0.25, 0.3) is 0 Å². The van der Waals surface area contributed by atoms with Crippen LogP contribution in [-0.4, -0.2) is 22.8 Å². The van der Waals surface area contributed by atoms with Crippen molar-refractivity contribution in [3.8, 4) is 0 Å². The number of thioether (sulfide) groups is 1. The molecule has 2 aromatic carbocycles. The Labute approximate surface area is 140 Å². The summed E-state index contributed by atoms with van der Waals surface area (Å²) in [6.45, 7) is 3.77. The van der Waals surface area contributed by atoms with E-state index in [1.54, 1.807) is 6.92 Å². The second-order valence-electron chi connectivity index (χ2n) is 5.23. The van der Waals surface area contributed by atoms with Gasteiger partial charge in [0.05, 0.1) is 11.0 Å². The summed E-state index contributed by atoms with van der Waals surface area (Å²) in [5, 5.41) is 5.36. The van der Waals surface area contributed by atoms with Crippen LogP contribution in [0, 0.1) is 6.92 Å². The van der Waals surface area contributed by atoms with Crippen molar-refractivity contribution in [1.82, 2.24) is 0 Å². The van der Waals surface area contributed by atoms with E-state index in [1.807, 2.05) is 61.5 Å². The lowest BCUT2D eigenvalue weighted by Gasteiger charge is -2.12. The van der Waals surface area contributed by atoms with E-state index in [1.165, 1.54) is 11.8 Å². The molecule has 2 N–H and O–H groups in total. The standard InChI is InChI=1S/C18H20N2O2S/c1-13-7-6-10-16(11-13)19-17(21)12-23-14(2)18(22)20-15-8-4-3-5-9-15/h3-11,14H,12H2,1-2H3,(H,19,21)(H,20,22)/t14-/m0/s1. The highest BCUT2D eigenvalue weighted by atomic mass is 32.2. The fourth-order valence-corrected chi connectivity index (χ4v) is 2.65. The van der Waals surface area contributed by atoms with Crippen LogP contribution >= 0.6 is 11.8 Å². The SMILES string of the molecule is Cc1cccc(NC(=O)CS[C@@H](C)C(=O)Nc2ccccc2)c1. The molecule has 1 atom stereocenters. The topological polar surface area (TPSA) is 58.2 Å². The van der Waals surface area contributed by atoms with E-state index >= 15 is 0 Å². The van der Waals surface area contributed by atoms with Gasteiger partial charge in [0.15, 0.2) is 0 Å². The molecule has 2 amide bonds. The molecule has 0 saturated heterocycles. The third-order valence-electron chi connectivity index (χ3n) is 3.18. The molecule has 5 heteroatoms.